The largest absolute Gasteiger partial charge is 0.506 e. The Kier molecular flexibility index (Phi) is 6.95. The van der Waals surface area contributed by atoms with Crippen molar-refractivity contribution in [1.82, 2.24) is 4.90 Å². The number of nitrogens with two attached hydrogens (primary N) is 2. The van der Waals surface area contributed by atoms with Crippen LogP contribution in [-0.2, 0) is 25.6 Å². The maximum absolute atomic E-state index is 14.1. The third-order valence-electron chi connectivity index (χ3n) is 8.77. The molecule has 5 rings (SSSR count). The number of aliphatic hydroxyl groups is 1. The summed E-state index contributed by atoms with van der Waals surface area (Å²) in [5.41, 5.74) is 10.7. The molecule has 2 aromatic carbocycles. The molecule has 0 saturated heterocycles. The van der Waals surface area contributed by atoms with E-state index in [4.69, 9.17) is 11.5 Å². The fourth-order valence-electron chi connectivity index (χ4n) is 6.85. The number of ketones is 4. The smallest absolute Gasteiger partial charge is 0.235 e. The molecular weight excluding hydrogens is 540 g/mol. The van der Waals surface area contributed by atoms with Crippen molar-refractivity contribution in [3.05, 3.63) is 52.6 Å². The van der Waals surface area contributed by atoms with E-state index in [1.165, 1.54) is 4.90 Å². The lowest BCUT2D eigenvalue weighted by Crippen LogP contribution is -2.74. The van der Waals surface area contributed by atoms with Crippen LogP contribution in [0.5, 0.6) is 5.75 Å². The standard InChI is InChI=1S/C31H32N4O7/c1-34(2)20-13-15(8-5-14-6-9-17(32)10-7-14)25(36)22-18(20)11-16-12-19-24(35(3)4)27(38)23(30(33)41)29(40)31(19,42)28(39)21(16)26(22)37/h6-7,9-10,13,16,19,21,23-24,36,42H,11-12,32H2,1-4H3,(H2,33,41). The first-order chi connectivity index (χ1) is 19.7. The average Bonchev–Trinajstić information content (AvgIpc) is 2.90. The lowest BCUT2D eigenvalue weighted by Gasteiger charge is -2.52. The van der Waals surface area contributed by atoms with Gasteiger partial charge in [0.05, 0.1) is 23.1 Å². The number of phenolic OH excluding ortho intramolecular Hbond substituents is 1. The molecule has 6 unspecified atom stereocenters. The molecule has 0 aromatic heterocycles. The summed E-state index contributed by atoms with van der Waals surface area (Å²) in [6.07, 6.45) is 0.148. The molecule has 3 aliphatic rings. The molecule has 2 saturated carbocycles. The number of primary amides is 1. The van der Waals surface area contributed by atoms with Crippen molar-refractivity contribution in [3.63, 3.8) is 0 Å². The van der Waals surface area contributed by atoms with Crippen molar-refractivity contribution >= 4 is 40.4 Å². The van der Waals surface area contributed by atoms with Crippen molar-refractivity contribution in [1.29, 1.82) is 0 Å². The molecule has 0 aliphatic heterocycles. The third kappa shape index (κ3) is 4.18. The van der Waals surface area contributed by atoms with Crippen LogP contribution in [0.1, 0.15) is 33.5 Å². The highest BCUT2D eigenvalue weighted by atomic mass is 16.3. The topological polar surface area (TPSA) is 184 Å². The van der Waals surface area contributed by atoms with Crippen LogP contribution in [0.2, 0.25) is 0 Å². The molecule has 0 heterocycles. The number of nitrogens with zero attached hydrogens (tertiary/aromatic N) is 2. The number of Topliss-reactive ketones (excluding diaryl/α,β-unsaturated/α-hetero) is 4. The van der Waals surface area contributed by atoms with E-state index in [2.05, 4.69) is 11.8 Å². The summed E-state index contributed by atoms with van der Waals surface area (Å²) in [6.45, 7) is 0. The van der Waals surface area contributed by atoms with Crippen LogP contribution in [-0.4, -0.2) is 84.0 Å². The van der Waals surface area contributed by atoms with Gasteiger partial charge in [0, 0.05) is 37.0 Å². The fourth-order valence-corrected chi connectivity index (χ4v) is 6.85. The van der Waals surface area contributed by atoms with Gasteiger partial charge in [0.2, 0.25) is 5.91 Å². The minimum atomic E-state index is -2.77. The molecule has 0 spiro atoms. The van der Waals surface area contributed by atoms with Crippen LogP contribution in [0, 0.1) is 35.5 Å². The second-order valence-electron chi connectivity index (χ2n) is 11.7. The second-order valence-corrected chi connectivity index (χ2v) is 11.7. The lowest BCUT2D eigenvalue weighted by atomic mass is 9.52. The molecule has 6 N–H and O–H groups in total. The Balaban J connectivity index is 1.64. The molecule has 218 valence electrons. The fraction of sp³-hybridized carbons (Fsp3) is 0.387. The molecule has 42 heavy (non-hydrogen) atoms. The Morgan fingerprint density at radius 3 is 2.24 bits per heavy atom. The van der Waals surface area contributed by atoms with Gasteiger partial charge in [-0.1, -0.05) is 11.8 Å². The molecule has 11 heteroatoms. The second kappa shape index (κ2) is 10.1. The van der Waals surface area contributed by atoms with Crippen molar-refractivity contribution in [2.45, 2.75) is 24.5 Å². The Morgan fingerprint density at radius 1 is 1.02 bits per heavy atom. The molecule has 2 fully saturated rings. The number of aromatic hydroxyl groups is 1. The van der Waals surface area contributed by atoms with E-state index in [-0.39, 0.29) is 24.0 Å². The van der Waals surface area contributed by atoms with Gasteiger partial charge >= 0.3 is 0 Å². The summed E-state index contributed by atoms with van der Waals surface area (Å²) in [6, 6.07) is 7.30. The zero-order valence-electron chi connectivity index (χ0n) is 23.7. The van der Waals surface area contributed by atoms with Crippen molar-refractivity contribution in [2.24, 2.45) is 29.4 Å². The highest BCUT2D eigenvalue weighted by molar-refractivity contribution is 6.32. The van der Waals surface area contributed by atoms with Gasteiger partial charge in [0.25, 0.3) is 0 Å². The van der Waals surface area contributed by atoms with Crippen LogP contribution in [0.25, 0.3) is 0 Å². The number of hydrogen-bond acceptors (Lipinski definition) is 10. The molecule has 3 aliphatic carbocycles. The number of nitrogen functional groups attached to an aromatic ring is 1. The number of benzene rings is 2. The number of amides is 1. The van der Waals surface area contributed by atoms with Gasteiger partial charge in [-0.05, 0) is 68.8 Å². The van der Waals surface area contributed by atoms with Crippen LogP contribution in [0.15, 0.2) is 30.3 Å². The first-order valence-corrected chi connectivity index (χ1v) is 13.5. The number of hydrogen-bond donors (Lipinski definition) is 4. The Labute approximate surface area is 242 Å². The van der Waals surface area contributed by atoms with E-state index in [1.54, 1.807) is 63.4 Å². The molecule has 0 bridgehead atoms. The summed E-state index contributed by atoms with van der Waals surface area (Å²) in [5, 5.41) is 23.1. The number of carbonyl (C=O) groups is 5. The summed E-state index contributed by atoms with van der Waals surface area (Å²) < 4.78 is 0. The van der Waals surface area contributed by atoms with E-state index in [0.29, 0.717) is 22.5 Å². The number of phenols is 1. The van der Waals surface area contributed by atoms with E-state index in [9.17, 15) is 34.2 Å². The lowest BCUT2D eigenvalue weighted by molar-refractivity contribution is -0.181. The summed E-state index contributed by atoms with van der Waals surface area (Å²) in [7, 11) is 6.64. The SMILES string of the molecule is CN(C)c1cc(C#Cc2ccc(N)cc2)c(O)c2c1CC1CC3C(N(C)C)C(=O)C(C(N)=O)C(=O)C3(O)C(=O)C1C2=O. The summed E-state index contributed by atoms with van der Waals surface area (Å²) >= 11 is 0. The summed E-state index contributed by atoms with van der Waals surface area (Å²) in [5.74, 6) is -5.11. The van der Waals surface area contributed by atoms with Gasteiger partial charge in [0.15, 0.2) is 34.7 Å². The zero-order chi connectivity index (χ0) is 30.8. The Hall–Kier alpha value is -4.53. The van der Waals surface area contributed by atoms with Crippen LogP contribution in [0.3, 0.4) is 0 Å². The van der Waals surface area contributed by atoms with Crippen LogP contribution < -0.4 is 16.4 Å². The van der Waals surface area contributed by atoms with Gasteiger partial charge < -0.3 is 26.6 Å². The van der Waals surface area contributed by atoms with Crippen molar-refractivity contribution in [3.8, 4) is 17.6 Å². The molecular formula is C31H32N4O7. The average molecular weight is 573 g/mol. The Bertz CT molecular complexity index is 1620. The maximum Gasteiger partial charge on any atom is 0.235 e. The summed E-state index contributed by atoms with van der Waals surface area (Å²) in [4.78, 5) is 70.2. The van der Waals surface area contributed by atoms with Crippen LogP contribution in [0.4, 0.5) is 11.4 Å². The van der Waals surface area contributed by atoms with Gasteiger partial charge in [-0.25, -0.2) is 0 Å². The minimum absolute atomic E-state index is 0.0176. The highest BCUT2D eigenvalue weighted by Crippen LogP contribution is 2.52. The number of rotatable bonds is 3. The van der Waals surface area contributed by atoms with Gasteiger partial charge in [-0.2, -0.15) is 0 Å². The molecule has 11 nitrogen and oxygen atoms in total. The van der Waals surface area contributed by atoms with E-state index >= 15 is 0 Å². The first-order valence-electron chi connectivity index (χ1n) is 13.5. The van der Waals surface area contributed by atoms with Crippen molar-refractivity contribution in [2.75, 3.05) is 38.8 Å². The number of likely N-dealkylation sites (N-methyl/N-ethyl adjacent to an activating group) is 1. The van der Waals surface area contributed by atoms with Crippen molar-refractivity contribution < 1.29 is 34.2 Å². The number of fused-ring (bicyclic) bond motifs is 3. The predicted octanol–water partition coefficient (Wildman–Crippen LogP) is -0.0850. The van der Waals surface area contributed by atoms with Gasteiger partial charge in [-0.3, -0.25) is 28.9 Å². The number of carbonyl (C=O) groups excluding carboxylic acids is 5. The first kappa shape index (κ1) is 29.0. The monoisotopic (exact) mass is 572 g/mol. The zero-order valence-corrected chi connectivity index (χ0v) is 23.7. The molecule has 1 amide bonds. The van der Waals surface area contributed by atoms with E-state index in [1.807, 2.05) is 0 Å². The Morgan fingerprint density at radius 2 is 1.67 bits per heavy atom. The predicted molar refractivity (Wildman–Crippen MR) is 153 cm³/mol. The maximum atomic E-state index is 14.1. The van der Waals surface area contributed by atoms with Gasteiger partial charge in [0.1, 0.15) is 5.75 Å². The number of anilines is 2. The molecule has 2 aromatic rings. The van der Waals surface area contributed by atoms with Crippen LogP contribution >= 0.6 is 0 Å². The van der Waals surface area contributed by atoms with Gasteiger partial charge in [-0.15, -0.1) is 0 Å². The quantitative estimate of drug-likeness (QED) is 0.220. The van der Waals surface area contributed by atoms with E-state index in [0.717, 1.165) is 0 Å². The van der Waals surface area contributed by atoms with E-state index < -0.39 is 70.1 Å². The third-order valence-corrected chi connectivity index (χ3v) is 8.77. The molecule has 0 radical (unpaired) electrons. The highest BCUT2D eigenvalue weighted by Gasteiger charge is 2.69. The normalized spacial score (nSPS) is 28.4. The molecule has 6 atom stereocenters. The minimum Gasteiger partial charge on any atom is -0.506 e.